The lowest BCUT2D eigenvalue weighted by molar-refractivity contribution is 0.474. The molecule has 0 fully saturated rings. The van der Waals surface area contributed by atoms with Gasteiger partial charge in [-0.15, -0.1) is 0 Å². The Bertz CT molecular complexity index is 726. The minimum Gasteiger partial charge on any atom is -0.508 e. The van der Waals surface area contributed by atoms with Crippen LogP contribution in [0.5, 0.6) is 17.2 Å². The number of hydrogen-bond donors (Lipinski definition) is 1. The predicted octanol–water partition coefficient (Wildman–Crippen LogP) is 4.02. The zero-order valence-electron chi connectivity index (χ0n) is 10.4. The van der Waals surface area contributed by atoms with Gasteiger partial charge < -0.3 is 9.84 Å². The van der Waals surface area contributed by atoms with Crippen LogP contribution in [-0.4, -0.2) is 14.9 Å². The minimum atomic E-state index is 0.152. The maximum absolute atomic E-state index is 9.49. The number of rotatable bonds is 3. The summed E-state index contributed by atoms with van der Waals surface area (Å²) in [6.07, 6.45) is 1.54. The van der Waals surface area contributed by atoms with Crippen LogP contribution in [0.2, 0.25) is 5.15 Å². The number of aromatic hydroxyl groups is 1. The second-order valence-corrected chi connectivity index (χ2v) is 4.50. The van der Waals surface area contributed by atoms with Crippen molar-refractivity contribution in [1.82, 2.24) is 9.78 Å². The fourth-order valence-corrected chi connectivity index (χ4v) is 2.04. The first-order valence-corrected chi connectivity index (χ1v) is 6.37. The maximum atomic E-state index is 9.49. The summed E-state index contributed by atoms with van der Waals surface area (Å²) in [5, 5.41) is 14.0. The third-order valence-corrected chi connectivity index (χ3v) is 3.07. The fraction of sp³-hybridized carbons (Fsp3) is 0. The summed E-state index contributed by atoms with van der Waals surface area (Å²) in [5.74, 6) is 1.30. The fourth-order valence-electron chi connectivity index (χ4n) is 1.81. The van der Waals surface area contributed by atoms with Crippen LogP contribution >= 0.6 is 11.6 Å². The van der Waals surface area contributed by atoms with E-state index in [1.54, 1.807) is 30.5 Å². The number of aromatic nitrogens is 2. The first-order chi connectivity index (χ1) is 9.74. The smallest absolute Gasteiger partial charge is 0.184 e. The molecule has 0 unspecified atom stereocenters. The van der Waals surface area contributed by atoms with Gasteiger partial charge in [0.05, 0.1) is 11.9 Å². The molecule has 0 amide bonds. The number of nitrogens with zero attached hydrogens (tertiary/aromatic N) is 2. The molecule has 0 bridgehead atoms. The van der Waals surface area contributed by atoms with E-state index in [0.29, 0.717) is 22.3 Å². The minimum absolute atomic E-state index is 0.152. The molecule has 0 aliphatic rings. The van der Waals surface area contributed by atoms with Gasteiger partial charge in [-0.2, -0.15) is 5.10 Å². The van der Waals surface area contributed by atoms with E-state index in [1.165, 1.54) is 4.68 Å². The van der Waals surface area contributed by atoms with Crippen molar-refractivity contribution in [3.05, 3.63) is 65.9 Å². The van der Waals surface area contributed by atoms with E-state index in [0.717, 1.165) is 0 Å². The van der Waals surface area contributed by atoms with E-state index in [-0.39, 0.29) is 5.75 Å². The van der Waals surface area contributed by atoms with Crippen molar-refractivity contribution in [3.8, 4) is 22.9 Å². The topological polar surface area (TPSA) is 47.3 Å². The standard InChI is InChI=1S/C15H11ClN2O2/c16-15-14(20-13-7-2-1-3-8-13)10-17-18(15)11-5-4-6-12(19)9-11/h1-10,19H. The Morgan fingerprint density at radius 3 is 2.60 bits per heavy atom. The molecular weight excluding hydrogens is 276 g/mol. The molecule has 1 heterocycles. The van der Waals surface area contributed by atoms with Gasteiger partial charge in [-0.1, -0.05) is 35.9 Å². The number of ether oxygens (including phenoxy) is 1. The van der Waals surface area contributed by atoms with E-state index in [1.807, 2.05) is 30.3 Å². The second kappa shape index (κ2) is 5.27. The first-order valence-electron chi connectivity index (χ1n) is 6.00. The van der Waals surface area contributed by atoms with E-state index < -0.39 is 0 Å². The van der Waals surface area contributed by atoms with Gasteiger partial charge in [0.1, 0.15) is 11.5 Å². The molecule has 0 atom stereocenters. The third-order valence-electron chi connectivity index (χ3n) is 2.73. The highest BCUT2D eigenvalue weighted by molar-refractivity contribution is 6.31. The maximum Gasteiger partial charge on any atom is 0.184 e. The molecule has 20 heavy (non-hydrogen) atoms. The highest BCUT2D eigenvalue weighted by Gasteiger charge is 2.12. The third kappa shape index (κ3) is 2.46. The van der Waals surface area contributed by atoms with Gasteiger partial charge in [0.15, 0.2) is 10.9 Å². The van der Waals surface area contributed by atoms with Crippen LogP contribution in [0.1, 0.15) is 0 Å². The summed E-state index contributed by atoms with van der Waals surface area (Å²) in [4.78, 5) is 0. The average molecular weight is 287 g/mol. The van der Waals surface area contributed by atoms with Crippen molar-refractivity contribution in [2.75, 3.05) is 0 Å². The van der Waals surface area contributed by atoms with Gasteiger partial charge in [-0.05, 0) is 24.3 Å². The molecule has 0 radical (unpaired) electrons. The zero-order valence-corrected chi connectivity index (χ0v) is 11.2. The Hall–Kier alpha value is -2.46. The van der Waals surface area contributed by atoms with Crippen LogP contribution in [0.15, 0.2) is 60.8 Å². The highest BCUT2D eigenvalue weighted by Crippen LogP contribution is 2.31. The molecule has 3 rings (SSSR count). The van der Waals surface area contributed by atoms with E-state index in [9.17, 15) is 5.11 Å². The van der Waals surface area contributed by atoms with Crippen molar-refractivity contribution < 1.29 is 9.84 Å². The number of phenols is 1. The lowest BCUT2D eigenvalue weighted by Crippen LogP contribution is -1.95. The molecule has 100 valence electrons. The highest BCUT2D eigenvalue weighted by atomic mass is 35.5. The number of hydrogen-bond acceptors (Lipinski definition) is 3. The normalized spacial score (nSPS) is 10.4. The monoisotopic (exact) mass is 286 g/mol. The van der Waals surface area contributed by atoms with Gasteiger partial charge >= 0.3 is 0 Å². The molecule has 0 aliphatic carbocycles. The van der Waals surface area contributed by atoms with Crippen LogP contribution in [0.3, 0.4) is 0 Å². The Morgan fingerprint density at radius 1 is 1.05 bits per heavy atom. The molecule has 0 aliphatic heterocycles. The van der Waals surface area contributed by atoms with Crippen LogP contribution in [-0.2, 0) is 0 Å². The molecule has 1 aromatic heterocycles. The van der Waals surface area contributed by atoms with Gasteiger partial charge in [-0.25, -0.2) is 4.68 Å². The Balaban J connectivity index is 1.93. The zero-order chi connectivity index (χ0) is 13.9. The van der Waals surface area contributed by atoms with Crippen molar-refractivity contribution in [2.24, 2.45) is 0 Å². The van der Waals surface area contributed by atoms with E-state index in [2.05, 4.69) is 5.10 Å². The van der Waals surface area contributed by atoms with Gasteiger partial charge in [0.25, 0.3) is 0 Å². The van der Waals surface area contributed by atoms with Crippen molar-refractivity contribution in [1.29, 1.82) is 0 Å². The number of benzene rings is 2. The van der Waals surface area contributed by atoms with Crippen molar-refractivity contribution >= 4 is 11.6 Å². The van der Waals surface area contributed by atoms with Gasteiger partial charge in [-0.3, -0.25) is 0 Å². The second-order valence-electron chi connectivity index (χ2n) is 4.15. The van der Waals surface area contributed by atoms with Crippen LogP contribution in [0.25, 0.3) is 5.69 Å². The van der Waals surface area contributed by atoms with Crippen LogP contribution < -0.4 is 4.74 Å². The van der Waals surface area contributed by atoms with Gasteiger partial charge in [0, 0.05) is 6.07 Å². The Kier molecular flexibility index (Phi) is 3.31. The summed E-state index contributed by atoms with van der Waals surface area (Å²) in [5.41, 5.74) is 0.665. The lowest BCUT2D eigenvalue weighted by atomic mass is 10.3. The molecule has 0 saturated heterocycles. The SMILES string of the molecule is Oc1cccc(-n2ncc(Oc3ccccc3)c2Cl)c1. The van der Waals surface area contributed by atoms with Crippen LogP contribution in [0.4, 0.5) is 0 Å². The molecule has 1 N–H and O–H groups in total. The summed E-state index contributed by atoms with van der Waals surface area (Å²) in [7, 11) is 0. The number of halogens is 1. The summed E-state index contributed by atoms with van der Waals surface area (Å²) in [6, 6.07) is 16.0. The largest absolute Gasteiger partial charge is 0.508 e. The van der Waals surface area contributed by atoms with E-state index >= 15 is 0 Å². The van der Waals surface area contributed by atoms with Crippen molar-refractivity contribution in [3.63, 3.8) is 0 Å². The molecular formula is C15H11ClN2O2. The molecule has 0 saturated carbocycles. The number of para-hydroxylation sites is 1. The average Bonchev–Trinajstić information content (AvgIpc) is 2.81. The first kappa shape index (κ1) is 12.6. The van der Waals surface area contributed by atoms with Crippen molar-refractivity contribution in [2.45, 2.75) is 0 Å². The van der Waals surface area contributed by atoms with Gasteiger partial charge in [0.2, 0.25) is 0 Å². The number of phenolic OH excluding ortho intramolecular Hbond substituents is 1. The lowest BCUT2D eigenvalue weighted by Gasteiger charge is -2.05. The Morgan fingerprint density at radius 2 is 1.85 bits per heavy atom. The van der Waals surface area contributed by atoms with Crippen LogP contribution in [0, 0.1) is 0 Å². The Labute approximate surface area is 120 Å². The quantitative estimate of drug-likeness (QED) is 0.791. The molecule has 4 nitrogen and oxygen atoms in total. The van der Waals surface area contributed by atoms with E-state index in [4.69, 9.17) is 16.3 Å². The molecule has 2 aromatic carbocycles. The summed E-state index contributed by atoms with van der Waals surface area (Å²) >= 11 is 6.25. The molecule has 3 aromatic rings. The summed E-state index contributed by atoms with van der Waals surface area (Å²) in [6.45, 7) is 0. The predicted molar refractivity (Wildman–Crippen MR) is 76.8 cm³/mol. The molecule has 0 spiro atoms. The summed E-state index contributed by atoms with van der Waals surface area (Å²) < 4.78 is 7.16. The molecule has 5 heteroatoms.